The van der Waals surface area contributed by atoms with Crippen molar-refractivity contribution in [2.75, 3.05) is 5.75 Å². The van der Waals surface area contributed by atoms with E-state index in [-0.39, 0.29) is 12.8 Å². The van der Waals surface area contributed by atoms with Gasteiger partial charge >= 0.3 is 35.8 Å². The number of carboxylic acids is 6. The van der Waals surface area contributed by atoms with Crippen LogP contribution in [0.15, 0.2) is 85.8 Å². The fourth-order valence-corrected chi connectivity index (χ4v) is 12.0. The molecule has 0 fully saturated rings. The molecular formula is C39H39N3O12S6. The highest BCUT2D eigenvalue weighted by Crippen LogP contribution is 2.42. The van der Waals surface area contributed by atoms with Crippen LogP contribution < -0.4 is 0 Å². The molecule has 0 spiro atoms. The van der Waals surface area contributed by atoms with Crippen LogP contribution in [0.3, 0.4) is 0 Å². The Kier molecular flexibility index (Phi) is 16.9. The molecule has 3 aromatic carbocycles. The van der Waals surface area contributed by atoms with E-state index < -0.39 is 63.1 Å². The Morgan fingerprint density at radius 2 is 1.07 bits per heavy atom. The van der Waals surface area contributed by atoms with Crippen molar-refractivity contribution in [3.63, 3.8) is 0 Å². The monoisotopic (exact) mass is 933 g/mol. The Labute approximate surface area is 367 Å². The Hall–Kier alpha value is -4.80. The van der Waals surface area contributed by atoms with Gasteiger partial charge in [-0.25, -0.2) is 15.0 Å². The molecule has 0 amide bonds. The Morgan fingerprint density at radius 3 is 1.48 bits per heavy atom. The zero-order chi connectivity index (χ0) is 44.4. The molecule has 6 aromatic rings. The number of aliphatic carboxylic acids is 6. The third-order valence-electron chi connectivity index (χ3n) is 8.86. The number of aromatic nitrogens is 3. The van der Waals surface area contributed by atoms with E-state index in [0.717, 1.165) is 58.5 Å². The van der Waals surface area contributed by atoms with Crippen LogP contribution >= 0.6 is 69.3 Å². The van der Waals surface area contributed by atoms with Gasteiger partial charge < -0.3 is 30.6 Å². The number of carbonyl (C=O) groups is 6. The van der Waals surface area contributed by atoms with Crippen LogP contribution in [-0.2, 0) is 28.8 Å². The average molecular weight is 934 g/mol. The Morgan fingerprint density at radius 1 is 0.617 bits per heavy atom. The summed E-state index contributed by atoms with van der Waals surface area (Å²) in [6, 6.07) is 22.7. The standard InChI is InChI=1S/3C13H13NO4S2/c1-13(2,11(17)18)9(10(15)16)20-12-14-7-5-3-4-6-8(7)19-12;1-7(10(15)16)13(2,11(17)18)20-12-14-8-5-3-4-6-9(8)19-12;15-11(16)6-5-8(12(17)18)7-19-13-14-9-3-1-2-4-10(9)20-13/h3-6,9H,1-2H3,(H,15,16)(H,17,18);3-7H,1-2H3,(H,15,16)(H,17,18);1-4,8H,5-7H2,(H,15,16)(H,17,18). The van der Waals surface area contributed by atoms with Gasteiger partial charge in [0.1, 0.15) is 10.00 Å². The first-order chi connectivity index (χ1) is 28.2. The molecule has 6 rings (SSSR count). The van der Waals surface area contributed by atoms with Crippen molar-refractivity contribution >= 4 is 136 Å². The number of carboxylic acid groups (broad SMARTS) is 6. The summed E-state index contributed by atoms with van der Waals surface area (Å²) in [6.45, 7) is 5.64. The van der Waals surface area contributed by atoms with Crippen LogP contribution in [0.4, 0.5) is 0 Å². The molecule has 318 valence electrons. The van der Waals surface area contributed by atoms with Crippen LogP contribution in [-0.4, -0.2) is 97.2 Å². The molecular weight excluding hydrogens is 895 g/mol. The van der Waals surface area contributed by atoms with Gasteiger partial charge in [0.15, 0.2) is 13.0 Å². The molecule has 0 radical (unpaired) electrons. The summed E-state index contributed by atoms with van der Waals surface area (Å²) >= 11 is 7.59. The smallest absolute Gasteiger partial charge is 0.320 e. The third kappa shape index (κ3) is 12.6. The second-order valence-electron chi connectivity index (χ2n) is 13.6. The summed E-state index contributed by atoms with van der Waals surface area (Å²) in [5.41, 5.74) is 1.10. The maximum Gasteiger partial charge on any atom is 0.320 e. The molecule has 4 atom stereocenters. The molecule has 21 heteroatoms. The summed E-state index contributed by atoms with van der Waals surface area (Å²) < 4.78 is 3.44. The lowest BCUT2D eigenvalue weighted by molar-refractivity contribution is -0.152. The van der Waals surface area contributed by atoms with Crippen LogP contribution in [0.25, 0.3) is 30.6 Å². The largest absolute Gasteiger partial charge is 0.481 e. The van der Waals surface area contributed by atoms with Crippen LogP contribution in [0.2, 0.25) is 0 Å². The minimum Gasteiger partial charge on any atom is -0.481 e. The number of nitrogens with zero attached hydrogens (tertiary/aromatic N) is 3. The maximum atomic E-state index is 11.5. The topological polar surface area (TPSA) is 262 Å². The lowest BCUT2D eigenvalue weighted by Gasteiger charge is -2.26. The molecule has 4 unspecified atom stereocenters. The number of benzene rings is 3. The van der Waals surface area contributed by atoms with E-state index in [1.807, 2.05) is 72.8 Å². The van der Waals surface area contributed by atoms with E-state index in [1.54, 1.807) is 0 Å². The van der Waals surface area contributed by atoms with E-state index >= 15 is 0 Å². The number of hydrogen-bond donors (Lipinski definition) is 6. The fraction of sp³-hybridized carbons (Fsp3) is 0.308. The van der Waals surface area contributed by atoms with Crippen molar-refractivity contribution in [2.24, 2.45) is 17.3 Å². The van der Waals surface area contributed by atoms with Crippen LogP contribution in [0.5, 0.6) is 0 Å². The molecule has 0 aliphatic heterocycles. The van der Waals surface area contributed by atoms with E-state index in [0.29, 0.717) is 14.4 Å². The van der Waals surface area contributed by atoms with Crippen LogP contribution in [0.1, 0.15) is 40.5 Å². The number of thioether (sulfide) groups is 3. The van der Waals surface area contributed by atoms with Gasteiger partial charge in [-0.3, -0.25) is 28.8 Å². The first-order valence-electron chi connectivity index (χ1n) is 17.6. The Balaban J connectivity index is 0.000000198. The zero-order valence-electron chi connectivity index (χ0n) is 32.2. The molecule has 3 aromatic heterocycles. The van der Waals surface area contributed by atoms with Gasteiger partial charge in [-0.05, 0) is 70.5 Å². The van der Waals surface area contributed by atoms with Crippen LogP contribution in [0, 0.1) is 17.3 Å². The molecule has 0 aliphatic carbocycles. The SMILES string of the molecule is CC(C(=O)O)C(C)(Sc1nc2ccccc2s1)C(=O)O.CC(C)(C(=O)O)C(Sc1nc2ccccc2s1)C(=O)O.O=C(O)CCC(CSc1nc2ccccc2s1)C(=O)O. The van der Waals surface area contributed by atoms with E-state index in [1.165, 1.54) is 73.5 Å². The van der Waals surface area contributed by atoms with Gasteiger partial charge in [-0.15, -0.1) is 34.0 Å². The molecule has 0 saturated heterocycles. The Bertz CT molecular complexity index is 2400. The lowest BCUT2D eigenvalue weighted by atomic mass is 9.89. The maximum absolute atomic E-state index is 11.5. The van der Waals surface area contributed by atoms with Gasteiger partial charge in [-0.2, -0.15) is 0 Å². The number of fused-ring (bicyclic) bond motifs is 3. The van der Waals surface area contributed by atoms with Crippen molar-refractivity contribution in [1.82, 2.24) is 15.0 Å². The summed E-state index contributed by atoms with van der Waals surface area (Å²) in [7, 11) is 0. The summed E-state index contributed by atoms with van der Waals surface area (Å²) in [4.78, 5) is 79.9. The summed E-state index contributed by atoms with van der Waals surface area (Å²) in [5, 5.41) is 53.5. The van der Waals surface area contributed by atoms with Gasteiger partial charge in [0.2, 0.25) is 0 Å². The first-order valence-corrected chi connectivity index (χ1v) is 22.8. The highest BCUT2D eigenvalue weighted by Gasteiger charge is 2.45. The quantitative estimate of drug-likeness (QED) is 0.0466. The zero-order valence-corrected chi connectivity index (χ0v) is 37.1. The van der Waals surface area contributed by atoms with Crippen molar-refractivity contribution in [3.8, 4) is 0 Å². The first kappa shape index (κ1) is 47.9. The number of rotatable bonds is 17. The molecule has 6 N–H and O–H groups in total. The molecule has 15 nitrogen and oxygen atoms in total. The van der Waals surface area contributed by atoms with E-state index in [4.69, 9.17) is 15.3 Å². The number of thiazole rings is 3. The van der Waals surface area contributed by atoms with Gasteiger partial charge in [0.05, 0.1) is 47.9 Å². The second-order valence-corrected chi connectivity index (χ2v) is 21.0. The summed E-state index contributed by atoms with van der Waals surface area (Å²) in [5.74, 6) is -7.87. The lowest BCUT2D eigenvalue weighted by Crippen LogP contribution is -2.42. The molecule has 0 aliphatic rings. The van der Waals surface area contributed by atoms with E-state index in [9.17, 15) is 44.1 Å². The van der Waals surface area contributed by atoms with Crippen molar-refractivity contribution in [1.29, 1.82) is 0 Å². The van der Waals surface area contributed by atoms with Gasteiger partial charge in [-0.1, -0.05) is 71.7 Å². The molecule has 3 heterocycles. The molecule has 60 heavy (non-hydrogen) atoms. The normalized spacial score (nSPS) is 13.8. The van der Waals surface area contributed by atoms with Crippen molar-refractivity contribution in [3.05, 3.63) is 72.8 Å². The number of hydrogen-bond acceptors (Lipinski definition) is 15. The highest BCUT2D eigenvalue weighted by atomic mass is 32.2. The van der Waals surface area contributed by atoms with E-state index in [2.05, 4.69) is 15.0 Å². The van der Waals surface area contributed by atoms with Gasteiger partial charge in [0, 0.05) is 12.2 Å². The molecule has 0 saturated carbocycles. The van der Waals surface area contributed by atoms with Crippen molar-refractivity contribution in [2.45, 2.75) is 63.6 Å². The summed E-state index contributed by atoms with van der Waals surface area (Å²) in [6.07, 6.45) is 0.0138. The number of para-hydroxylation sites is 3. The minimum absolute atomic E-state index is 0.128. The average Bonchev–Trinajstić information content (AvgIpc) is 3.92. The minimum atomic E-state index is -1.46. The molecule has 0 bridgehead atoms. The fourth-order valence-electron chi connectivity index (χ4n) is 4.91. The second kappa shape index (κ2) is 21.1. The predicted molar refractivity (Wildman–Crippen MR) is 235 cm³/mol. The third-order valence-corrected chi connectivity index (χ3v) is 16.4. The highest BCUT2D eigenvalue weighted by molar-refractivity contribution is 8.03. The predicted octanol–water partition coefficient (Wildman–Crippen LogP) is 8.86. The van der Waals surface area contributed by atoms with Gasteiger partial charge in [0.25, 0.3) is 0 Å². The van der Waals surface area contributed by atoms with Crippen molar-refractivity contribution < 1.29 is 59.4 Å².